The molecule has 17 nitrogen and oxygen atoms in total. The number of rotatable bonds is 24. The molecule has 0 aromatic heterocycles. The number of amides is 6. The Labute approximate surface area is 433 Å². The van der Waals surface area contributed by atoms with Gasteiger partial charge in [-0.05, 0) is 75.3 Å². The van der Waals surface area contributed by atoms with Crippen LogP contribution in [-0.4, -0.2) is 127 Å². The fourth-order valence-corrected chi connectivity index (χ4v) is 16.7. The number of carbonyl (C=O) groups excluding carboxylic acids is 8. The van der Waals surface area contributed by atoms with E-state index in [0.29, 0.717) is 85.4 Å². The van der Waals surface area contributed by atoms with Crippen LogP contribution in [0.15, 0.2) is 8.73 Å². The van der Waals surface area contributed by atoms with Crippen LogP contribution in [0.3, 0.4) is 0 Å². The first-order chi connectivity index (χ1) is 32.6. The first kappa shape index (κ1) is 65.0. The summed E-state index contributed by atoms with van der Waals surface area (Å²) in [4.78, 5) is 98.7. The molecule has 6 amide bonds. The molecule has 0 aromatic carbocycles. The summed E-state index contributed by atoms with van der Waals surface area (Å²) >= 11 is 0. The second-order valence-corrected chi connectivity index (χ2v) is 29.3. The van der Waals surface area contributed by atoms with Gasteiger partial charge in [-0.2, -0.15) is 0 Å². The van der Waals surface area contributed by atoms with Crippen molar-refractivity contribution in [3.8, 4) is 23.7 Å². The van der Waals surface area contributed by atoms with Gasteiger partial charge >= 0.3 is 18.0 Å². The standard InChI is InChI=1S/C24H35N3O7S3.C22H36N2O4S3.CH5N/c1-23(2)11-12-24(3,4)17-37(33,16-23)26-22(32)25-13-15-36-35-14-5-6-18(28)7-10-21(31)34-27-19(29)8-9-20(27)30;1-6-18(25)9-10-19(26)8-7-14-29-30-15-13-23-20(27)24-31(28)16-21(2,3)11-12-22(4,5)17-31;1-2/h5-10,13-17H2,1-4H3,(H,25,32);6-10,13-17H2,1-5H3,(H,23,27);2H2,1H3. The quantitative estimate of drug-likeness (QED) is 0.0363. The van der Waals surface area contributed by atoms with Crippen molar-refractivity contribution < 1.29 is 51.6 Å². The molecule has 0 spiro atoms. The fourth-order valence-electron chi connectivity index (χ4n) is 6.72. The van der Waals surface area contributed by atoms with E-state index in [-0.39, 0.29) is 54.5 Å². The first-order valence-corrected chi connectivity index (χ1v) is 32.0. The average Bonchev–Trinajstić information content (AvgIpc) is 3.48. The summed E-state index contributed by atoms with van der Waals surface area (Å²) in [6.07, 6.45) is 3.29. The Morgan fingerprint density at radius 3 is 1.26 bits per heavy atom. The molecule has 3 heterocycles. The van der Waals surface area contributed by atoms with Crippen LogP contribution in [0.4, 0.5) is 9.59 Å². The Morgan fingerprint density at radius 2 is 0.900 bits per heavy atom. The molecule has 0 bridgehead atoms. The SMILES string of the molecule is CC1(C)C#CC(C)(C)CS(=O)(=NC(=O)NCCSSCCCC(=O)CCC(=O)ON2C(=O)CCC2=O)C1.CCC(=O)CCC(=O)CCCSSCCNC(=O)N=S1(=O)CC(C)(C)C#CC(C)(C)C1.CN. The Kier molecular flexibility index (Phi) is 29.2. The number of nitrogens with zero attached hydrogens (tertiary/aromatic N) is 3. The minimum absolute atomic E-state index is 0.00786. The van der Waals surface area contributed by atoms with Crippen molar-refractivity contribution >= 4 is 110 Å². The molecule has 0 radical (unpaired) electrons. The van der Waals surface area contributed by atoms with E-state index in [1.165, 1.54) is 7.05 Å². The number of nitrogens with two attached hydrogens (primary N) is 1. The maximum atomic E-state index is 13.3. The average molecular weight is 1090 g/mol. The number of imide groups is 1. The maximum absolute atomic E-state index is 13.3. The topological polar surface area (TPSA) is 258 Å². The van der Waals surface area contributed by atoms with Crippen LogP contribution < -0.4 is 16.4 Å². The van der Waals surface area contributed by atoms with E-state index in [1.807, 2.05) is 62.3 Å². The van der Waals surface area contributed by atoms with E-state index >= 15 is 0 Å². The number of nitrogens with one attached hydrogen (secondary N) is 2. The van der Waals surface area contributed by atoms with Gasteiger partial charge in [0.15, 0.2) is 0 Å². The second kappa shape index (κ2) is 31.5. The van der Waals surface area contributed by atoms with E-state index in [9.17, 15) is 46.8 Å². The van der Waals surface area contributed by atoms with E-state index in [0.717, 1.165) is 12.2 Å². The van der Waals surface area contributed by atoms with Crippen molar-refractivity contribution in [2.45, 2.75) is 133 Å². The van der Waals surface area contributed by atoms with Gasteiger partial charge in [0.1, 0.15) is 17.3 Å². The monoisotopic (exact) mass is 1090 g/mol. The van der Waals surface area contributed by atoms with Gasteiger partial charge in [-0.15, -0.1) is 13.8 Å². The molecule has 0 saturated carbocycles. The van der Waals surface area contributed by atoms with Gasteiger partial charge in [0.2, 0.25) is 0 Å². The molecule has 396 valence electrons. The molecule has 3 rings (SSSR count). The molecule has 0 aromatic rings. The van der Waals surface area contributed by atoms with E-state index < -0.39 is 71.0 Å². The molecule has 0 atom stereocenters. The molecule has 1 fully saturated rings. The smallest absolute Gasteiger partial charge is 0.335 e. The molecule has 70 heavy (non-hydrogen) atoms. The number of ketones is 3. The zero-order valence-electron chi connectivity index (χ0n) is 42.7. The zero-order chi connectivity index (χ0) is 53.2. The highest BCUT2D eigenvalue weighted by molar-refractivity contribution is 8.77. The number of urea groups is 2. The number of hydrogen-bond acceptors (Lipinski definition) is 16. The minimum atomic E-state index is -2.74. The van der Waals surface area contributed by atoms with Crippen LogP contribution in [0.5, 0.6) is 0 Å². The lowest BCUT2D eigenvalue weighted by molar-refractivity contribution is -0.197. The Bertz CT molecular complexity index is 2170. The van der Waals surface area contributed by atoms with Crippen molar-refractivity contribution in [1.29, 1.82) is 0 Å². The first-order valence-electron chi connectivity index (χ1n) is 23.3. The third kappa shape index (κ3) is 28.8. The number of hydroxylamine groups is 2. The van der Waals surface area contributed by atoms with Crippen LogP contribution in [0.25, 0.3) is 0 Å². The highest BCUT2D eigenvalue weighted by Crippen LogP contribution is 2.31. The van der Waals surface area contributed by atoms with Gasteiger partial charge in [0, 0.05) is 132 Å². The normalized spacial score (nSPS) is 18.4. The second-order valence-electron chi connectivity index (χ2n) is 19.3. The summed E-state index contributed by atoms with van der Waals surface area (Å²) in [6.45, 7) is 18.0. The maximum Gasteiger partial charge on any atom is 0.349 e. The molecule has 3 aliphatic rings. The molecule has 3 aliphatic heterocycles. The molecular formula is C47H76N6O11S6. The lowest BCUT2D eigenvalue weighted by Gasteiger charge is -2.21. The van der Waals surface area contributed by atoms with Crippen molar-refractivity contribution in [2.24, 2.45) is 36.1 Å². The van der Waals surface area contributed by atoms with Gasteiger partial charge in [-0.1, -0.05) is 73.8 Å². The van der Waals surface area contributed by atoms with Gasteiger partial charge in [0.25, 0.3) is 11.8 Å². The molecule has 4 N–H and O–H groups in total. The van der Waals surface area contributed by atoms with Crippen LogP contribution in [0.1, 0.15) is 133 Å². The molecule has 0 unspecified atom stereocenters. The van der Waals surface area contributed by atoms with E-state index in [2.05, 4.69) is 48.8 Å². The van der Waals surface area contributed by atoms with Crippen LogP contribution in [0, 0.1) is 45.3 Å². The summed E-state index contributed by atoms with van der Waals surface area (Å²) in [5.74, 6) is 15.0. The molecule has 0 aliphatic carbocycles. The molecule has 23 heteroatoms. The Morgan fingerprint density at radius 1 is 0.571 bits per heavy atom. The highest BCUT2D eigenvalue weighted by atomic mass is 33.1. The minimum Gasteiger partial charge on any atom is -0.335 e. The predicted octanol–water partition coefficient (Wildman–Crippen LogP) is 7.65. The summed E-state index contributed by atoms with van der Waals surface area (Å²) in [5, 5.41) is 5.90. The van der Waals surface area contributed by atoms with Crippen LogP contribution in [0.2, 0.25) is 0 Å². The highest BCUT2D eigenvalue weighted by Gasteiger charge is 2.35. The summed E-state index contributed by atoms with van der Waals surface area (Å²) in [7, 11) is 2.45. The molecular weight excluding hydrogens is 1020 g/mol. The van der Waals surface area contributed by atoms with Gasteiger partial charge in [0.05, 0.1) is 25.9 Å². The third-order valence-corrected chi connectivity index (χ3v) is 20.3. The predicted molar refractivity (Wildman–Crippen MR) is 287 cm³/mol. The molecule has 1 saturated heterocycles. The van der Waals surface area contributed by atoms with Crippen molar-refractivity contribution in [3.63, 3.8) is 0 Å². The van der Waals surface area contributed by atoms with Crippen LogP contribution in [-0.2, 0) is 53.1 Å². The zero-order valence-corrected chi connectivity index (χ0v) is 47.6. The number of hydrogen-bond donors (Lipinski definition) is 3. The fraction of sp³-hybridized carbons (Fsp3) is 0.745. The van der Waals surface area contributed by atoms with Crippen LogP contribution >= 0.6 is 43.2 Å². The lowest BCUT2D eigenvalue weighted by atomic mass is 9.92. The van der Waals surface area contributed by atoms with E-state index in [4.69, 9.17) is 4.84 Å². The third-order valence-electron chi connectivity index (χ3n) is 9.66. The Balaban J connectivity index is 0.000000686. The van der Waals surface area contributed by atoms with Crippen molar-refractivity contribution in [2.75, 3.05) is 66.2 Å². The van der Waals surface area contributed by atoms with Crippen molar-refractivity contribution in [3.05, 3.63) is 0 Å². The number of Topliss-reactive ketones (excluding diaryl/α,β-unsaturated/α-hetero) is 3. The Hall–Kier alpha value is -3.06. The largest absolute Gasteiger partial charge is 0.349 e. The van der Waals surface area contributed by atoms with Gasteiger partial charge in [-0.25, -0.2) is 22.8 Å². The summed E-state index contributed by atoms with van der Waals surface area (Å²) in [5.41, 5.74) is 2.68. The van der Waals surface area contributed by atoms with E-state index in [1.54, 1.807) is 43.2 Å². The van der Waals surface area contributed by atoms with Gasteiger partial charge < -0.3 is 21.2 Å². The van der Waals surface area contributed by atoms with Gasteiger partial charge in [-0.3, -0.25) is 24.0 Å². The number of carbonyl (C=O) groups is 8. The van der Waals surface area contributed by atoms with Crippen molar-refractivity contribution in [1.82, 2.24) is 15.7 Å². The lowest BCUT2D eigenvalue weighted by Crippen LogP contribution is -2.32. The summed E-state index contributed by atoms with van der Waals surface area (Å²) < 4.78 is 34.7. The summed E-state index contributed by atoms with van der Waals surface area (Å²) in [6, 6.07) is -1.11.